The Morgan fingerprint density at radius 3 is 2.62 bits per heavy atom. The summed E-state index contributed by atoms with van der Waals surface area (Å²) in [6.45, 7) is 1.94. The monoisotopic (exact) mass is 293 g/mol. The third-order valence-electron chi connectivity index (χ3n) is 4.01. The number of nitrogens with zero attached hydrogens (tertiary/aromatic N) is 1. The zero-order valence-electron chi connectivity index (χ0n) is 12.6. The van der Waals surface area contributed by atoms with Crippen LogP contribution < -0.4 is 9.47 Å². The first-order valence-corrected chi connectivity index (χ1v) is 7.30. The van der Waals surface area contributed by atoms with Crippen LogP contribution in [0.25, 0.3) is 0 Å². The maximum absolute atomic E-state index is 10.5. The first kappa shape index (κ1) is 15.6. The van der Waals surface area contributed by atoms with Crippen LogP contribution in [0.2, 0.25) is 0 Å². The summed E-state index contributed by atoms with van der Waals surface area (Å²) in [4.78, 5) is 0. The molecule has 0 heterocycles. The van der Waals surface area contributed by atoms with Crippen LogP contribution in [-0.4, -0.2) is 35.3 Å². The van der Waals surface area contributed by atoms with Crippen LogP contribution in [0.4, 0.5) is 0 Å². The molecule has 0 aliphatic heterocycles. The van der Waals surface area contributed by atoms with E-state index < -0.39 is 5.60 Å². The van der Waals surface area contributed by atoms with Gasteiger partial charge in [0.15, 0.2) is 0 Å². The van der Waals surface area contributed by atoms with Crippen molar-refractivity contribution in [2.45, 2.75) is 44.6 Å². The summed E-state index contributed by atoms with van der Waals surface area (Å²) in [6, 6.07) is 5.32. The molecule has 5 nitrogen and oxygen atoms in total. The van der Waals surface area contributed by atoms with E-state index in [1.54, 1.807) is 32.2 Å². The van der Waals surface area contributed by atoms with E-state index in [-0.39, 0.29) is 6.61 Å². The van der Waals surface area contributed by atoms with E-state index in [1.165, 1.54) is 6.42 Å². The van der Waals surface area contributed by atoms with Crippen molar-refractivity contribution in [3.63, 3.8) is 0 Å². The lowest BCUT2D eigenvalue weighted by molar-refractivity contribution is -0.0339. The maximum atomic E-state index is 10.5. The van der Waals surface area contributed by atoms with Crippen molar-refractivity contribution in [1.29, 1.82) is 0 Å². The standard InChI is InChI=1S/C16H23NO4/c1-12(17-19)14-7-6-13(20-2)10-15(14)21-11-16(18)8-4-3-5-9-16/h6-7,10,18-19H,3-5,8-9,11H2,1-2H3/b17-12+. The van der Waals surface area contributed by atoms with Crippen LogP contribution >= 0.6 is 0 Å². The van der Waals surface area contributed by atoms with Gasteiger partial charge in [-0.05, 0) is 31.9 Å². The molecule has 5 heteroatoms. The molecule has 0 saturated heterocycles. The lowest BCUT2D eigenvalue weighted by atomic mass is 9.85. The van der Waals surface area contributed by atoms with E-state index >= 15 is 0 Å². The van der Waals surface area contributed by atoms with Gasteiger partial charge in [0.05, 0.1) is 18.4 Å². The minimum absolute atomic E-state index is 0.242. The molecule has 1 fully saturated rings. The summed E-state index contributed by atoms with van der Waals surface area (Å²) >= 11 is 0. The highest BCUT2D eigenvalue weighted by Gasteiger charge is 2.30. The number of hydrogen-bond acceptors (Lipinski definition) is 5. The van der Waals surface area contributed by atoms with E-state index in [4.69, 9.17) is 14.7 Å². The molecule has 1 aromatic rings. The molecule has 1 aliphatic rings. The summed E-state index contributed by atoms with van der Waals surface area (Å²) in [6.07, 6.45) is 4.76. The van der Waals surface area contributed by atoms with Crippen LogP contribution in [0.15, 0.2) is 23.4 Å². The van der Waals surface area contributed by atoms with Crippen LogP contribution in [0, 0.1) is 0 Å². The molecule has 0 unspecified atom stereocenters. The largest absolute Gasteiger partial charge is 0.497 e. The molecule has 21 heavy (non-hydrogen) atoms. The zero-order chi connectivity index (χ0) is 15.3. The Labute approximate surface area is 125 Å². The van der Waals surface area contributed by atoms with E-state index in [0.717, 1.165) is 25.7 Å². The molecule has 1 aliphatic carbocycles. The quantitative estimate of drug-likeness (QED) is 0.497. The molecule has 1 aromatic carbocycles. The highest BCUT2D eigenvalue weighted by Crippen LogP contribution is 2.31. The fourth-order valence-corrected chi connectivity index (χ4v) is 2.67. The minimum Gasteiger partial charge on any atom is -0.497 e. The van der Waals surface area contributed by atoms with Crippen molar-refractivity contribution >= 4 is 5.71 Å². The molecule has 0 bridgehead atoms. The van der Waals surface area contributed by atoms with Gasteiger partial charge >= 0.3 is 0 Å². The molecule has 0 aromatic heterocycles. The summed E-state index contributed by atoms with van der Waals surface area (Å²) < 4.78 is 11.0. The Hall–Kier alpha value is -1.75. The second-order valence-electron chi connectivity index (χ2n) is 5.62. The lowest BCUT2D eigenvalue weighted by Gasteiger charge is -2.32. The molecule has 2 N–H and O–H groups in total. The predicted molar refractivity (Wildman–Crippen MR) is 80.5 cm³/mol. The second-order valence-corrected chi connectivity index (χ2v) is 5.62. The number of rotatable bonds is 5. The van der Waals surface area contributed by atoms with Gasteiger partial charge in [-0.1, -0.05) is 24.4 Å². The van der Waals surface area contributed by atoms with Crippen molar-refractivity contribution in [1.82, 2.24) is 0 Å². The van der Waals surface area contributed by atoms with Gasteiger partial charge in [-0.2, -0.15) is 0 Å². The molecule has 116 valence electrons. The summed E-state index contributed by atoms with van der Waals surface area (Å²) in [5.41, 5.74) is 0.393. The van der Waals surface area contributed by atoms with Crippen molar-refractivity contribution in [2.75, 3.05) is 13.7 Å². The highest BCUT2D eigenvalue weighted by atomic mass is 16.5. The summed E-state index contributed by atoms with van der Waals surface area (Å²) in [5.74, 6) is 1.22. The first-order chi connectivity index (χ1) is 10.1. The van der Waals surface area contributed by atoms with Gasteiger partial charge in [-0.15, -0.1) is 0 Å². The van der Waals surface area contributed by atoms with Gasteiger partial charge in [0, 0.05) is 11.6 Å². The van der Waals surface area contributed by atoms with E-state index in [2.05, 4.69) is 5.16 Å². The van der Waals surface area contributed by atoms with Crippen molar-refractivity contribution in [3.05, 3.63) is 23.8 Å². The normalized spacial score (nSPS) is 18.3. The predicted octanol–water partition coefficient (Wildman–Crippen LogP) is 2.97. The fourth-order valence-electron chi connectivity index (χ4n) is 2.67. The Kier molecular flexibility index (Phi) is 5.07. The molecule has 0 radical (unpaired) electrons. The lowest BCUT2D eigenvalue weighted by Crippen LogP contribution is -2.38. The average Bonchev–Trinajstić information content (AvgIpc) is 2.52. The summed E-state index contributed by atoms with van der Waals surface area (Å²) in [7, 11) is 1.58. The van der Waals surface area contributed by atoms with Gasteiger partial charge in [0.25, 0.3) is 0 Å². The van der Waals surface area contributed by atoms with Crippen molar-refractivity contribution in [3.8, 4) is 11.5 Å². The number of benzene rings is 1. The molecule has 0 spiro atoms. The van der Waals surface area contributed by atoms with Gasteiger partial charge in [0.1, 0.15) is 18.1 Å². The van der Waals surface area contributed by atoms with E-state index in [0.29, 0.717) is 22.8 Å². The minimum atomic E-state index is -0.761. The number of methoxy groups -OCH3 is 1. The maximum Gasteiger partial charge on any atom is 0.132 e. The van der Waals surface area contributed by atoms with Gasteiger partial charge in [0.2, 0.25) is 0 Å². The van der Waals surface area contributed by atoms with Crippen LogP contribution in [0.3, 0.4) is 0 Å². The number of hydrogen-bond donors (Lipinski definition) is 2. The highest BCUT2D eigenvalue weighted by molar-refractivity contribution is 6.00. The molecule has 1 saturated carbocycles. The fraction of sp³-hybridized carbons (Fsp3) is 0.562. The Morgan fingerprint density at radius 2 is 2.00 bits per heavy atom. The Bertz CT molecular complexity index is 507. The summed E-state index contributed by atoms with van der Waals surface area (Å²) in [5, 5.41) is 22.7. The molecule has 2 rings (SSSR count). The van der Waals surface area contributed by atoms with Gasteiger partial charge in [-0.3, -0.25) is 0 Å². The SMILES string of the molecule is COc1ccc(/C(C)=N/O)c(OCC2(O)CCCCC2)c1. The first-order valence-electron chi connectivity index (χ1n) is 7.30. The average molecular weight is 293 g/mol. The van der Waals surface area contributed by atoms with E-state index in [1.807, 2.05) is 0 Å². The van der Waals surface area contributed by atoms with Crippen LogP contribution in [0.1, 0.15) is 44.6 Å². The van der Waals surface area contributed by atoms with Crippen molar-refractivity contribution in [2.24, 2.45) is 5.16 Å². The van der Waals surface area contributed by atoms with E-state index in [9.17, 15) is 5.11 Å². The second kappa shape index (κ2) is 6.80. The third kappa shape index (κ3) is 3.88. The molecular weight excluding hydrogens is 270 g/mol. The number of ether oxygens (including phenoxy) is 2. The Morgan fingerprint density at radius 1 is 1.29 bits per heavy atom. The zero-order valence-corrected chi connectivity index (χ0v) is 12.6. The number of oxime groups is 1. The van der Waals surface area contributed by atoms with Gasteiger partial charge in [-0.25, -0.2) is 0 Å². The van der Waals surface area contributed by atoms with Crippen LogP contribution in [0.5, 0.6) is 11.5 Å². The molecular formula is C16H23NO4. The van der Waals surface area contributed by atoms with Gasteiger partial charge < -0.3 is 19.8 Å². The topological polar surface area (TPSA) is 71.3 Å². The van der Waals surface area contributed by atoms with Crippen LogP contribution in [-0.2, 0) is 0 Å². The Balaban J connectivity index is 2.17. The van der Waals surface area contributed by atoms with Crippen molar-refractivity contribution < 1.29 is 19.8 Å². The molecule has 0 atom stereocenters. The third-order valence-corrected chi connectivity index (χ3v) is 4.01. The smallest absolute Gasteiger partial charge is 0.132 e. The number of aliphatic hydroxyl groups is 1. The molecule has 0 amide bonds.